The second-order valence-corrected chi connectivity index (χ2v) is 4.95. The van der Waals surface area contributed by atoms with Crippen LogP contribution in [0.1, 0.15) is 41.7 Å². The number of rotatable bonds is 5. The van der Waals surface area contributed by atoms with Crippen LogP contribution in [-0.4, -0.2) is 30.1 Å². The average molecular weight is 263 g/mol. The third-order valence-electron chi connectivity index (χ3n) is 3.38. The third-order valence-corrected chi connectivity index (χ3v) is 3.38. The van der Waals surface area contributed by atoms with E-state index < -0.39 is 5.91 Å². The Hall–Kier alpha value is -1.62. The maximum absolute atomic E-state index is 11.3. The Morgan fingerprint density at radius 2 is 2.37 bits per heavy atom. The number of nitrogens with one attached hydrogen (secondary N) is 1. The van der Waals surface area contributed by atoms with Crippen LogP contribution >= 0.6 is 0 Å². The van der Waals surface area contributed by atoms with E-state index in [0.717, 1.165) is 18.7 Å². The van der Waals surface area contributed by atoms with Crippen molar-refractivity contribution in [2.75, 3.05) is 13.2 Å². The molecule has 0 aromatic carbocycles. The second kappa shape index (κ2) is 6.52. The first-order chi connectivity index (χ1) is 9.16. The SMILES string of the molecule is Cc1ccc(C(N)=O)c(OCCC2CCCCN2)n1. The number of ether oxygens (including phenoxy) is 1. The fourth-order valence-electron chi connectivity index (χ4n) is 2.30. The normalized spacial score (nSPS) is 19.1. The standard InChI is InChI=1S/C14H21N3O2/c1-10-5-6-12(13(15)18)14(17-10)19-9-7-11-4-2-3-8-16-11/h5-6,11,16H,2-4,7-9H2,1H3,(H2,15,18). The Balaban J connectivity index is 1.91. The van der Waals surface area contributed by atoms with Crippen molar-refractivity contribution in [1.82, 2.24) is 10.3 Å². The van der Waals surface area contributed by atoms with E-state index in [1.54, 1.807) is 12.1 Å². The molecule has 1 aliphatic heterocycles. The number of nitrogens with zero attached hydrogens (tertiary/aromatic N) is 1. The number of aryl methyl sites for hydroxylation is 1. The van der Waals surface area contributed by atoms with Gasteiger partial charge in [-0.25, -0.2) is 4.98 Å². The number of hydrogen-bond acceptors (Lipinski definition) is 4. The molecule has 1 unspecified atom stereocenters. The lowest BCUT2D eigenvalue weighted by molar-refractivity contribution is 0.0995. The van der Waals surface area contributed by atoms with Gasteiger partial charge in [-0.3, -0.25) is 4.79 Å². The van der Waals surface area contributed by atoms with Crippen LogP contribution in [0.5, 0.6) is 5.88 Å². The number of hydrogen-bond donors (Lipinski definition) is 2. The third kappa shape index (κ3) is 3.92. The predicted molar refractivity (Wildman–Crippen MR) is 73.2 cm³/mol. The number of carbonyl (C=O) groups excluding carboxylic acids is 1. The fourth-order valence-corrected chi connectivity index (χ4v) is 2.30. The summed E-state index contributed by atoms with van der Waals surface area (Å²) in [5, 5.41) is 3.46. The first-order valence-corrected chi connectivity index (χ1v) is 6.80. The summed E-state index contributed by atoms with van der Waals surface area (Å²) in [6, 6.07) is 3.93. The lowest BCUT2D eigenvalue weighted by atomic mass is 10.0. The summed E-state index contributed by atoms with van der Waals surface area (Å²) in [5.74, 6) is -0.151. The summed E-state index contributed by atoms with van der Waals surface area (Å²) in [6.07, 6.45) is 4.64. The highest BCUT2D eigenvalue weighted by molar-refractivity contribution is 5.95. The summed E-state index contributed by atoms with van der Waals surface area (Å²) in [7, 11) is 0. The second-order valence-electron chi connectivity index (χ2n) is 4.95. The van der Waals surface area contributed by atoms with Crippen molar-refractivity contribution in [3.05, 3.63) is 23.4 Å². The van der Waals surface area contributed by atoms with Crippen molar-refractivity contribution >= 4 is 5.91 Å². The maximum Gasteiger partial charge on any atom is 0.254 e. The van der Waals surface area contributed by atoms with E-state index in [9.17, 15) is 4.79 Å². The van der Waals surface area contributed by atoms with Crippen molar-refractivity contribution in [1.29, 1.82) is 0 Å². The minimum absolute atomic E-state index is 0.349. The molecule has 2 rings (SSSR count). The van der Waals surface area contributed by atoms with E-state index in [4.69, 9.17) is 10.5 Å². The summed E-state index contributed by atoms with van der Waals surface area (Å²) in [4.78, 5) is 15.5. The maximum atomic E-state index is 11.3. The fraction of sp³-hybridized carbons (Fsp3) is 0.571. The van der Waals surface area contributed by atoms with Crippen LogP contribution in [0, 0.1) is 6.92 Å². The van der Waals surface area contributed by atoms with Gasteiger partial charge < -0.3 is 15.8 Å². The van der Waals surface area contributed by atoms with E-state index in [1.165, 1.54) is 19.3 Å². The molecule has 2 heterocycles. The minimum Gasteiger partial charge on any atom is -0.477 e. The molecule has 5 heteroatoms. The Morgan fingerprint density at radius 1 is 1.53 bits per heavy atom. The predicted octanol–water partition coefficient (Wildman–Crippen LogP) is 1.40. The molecule has 1 amide bonds. The van der Waals surface area contributed by atoms with Gasteiger partial charge in [0.2, 0.25) is 5.88 Å². The van der Waals surface area contributed by atoms with Crippen molar-refractivity contribution in [2.24, 2.45) is 5.73 Å². The van der Waals surface area contributed by atoms with Gasteiger partial charge >= 0.3 is 0 Å². The monoisotopic (exact) mass is 263 g/mol. The molecular formula is C14H21N3O2. The molecule has 1 atom stereocenters. The number of pyridine rings is 1. The lowest BCUT2D eigenvalue weighted by Crippen LogP contribution is -2.35. The van der Waals surface area contributed by atoms with E-state index in [-0.39, 0.29) is 0 Å². The first kappa shape index (κ1) is 13.8. The summed E-state index contributed by atoms with van der Waals surface area (Å²) in [5.41, 5.74) is 6.47. The highest BCUT2D eigenvalue weighted by Gasteiger charge is 2.14. The quantitative estimate of drug-likeness (QED) is 0.841. The molecule has 0 radical (unpaired) electrons. The summed E-state index contributed by atoms with van der Waals surface area (Å²) in [6.45, 7) is 3.49. The van der Waals surface area contributed by atoms with Gasteiger partial charge in [-0.1, -0.05) is 6.42 Å². The smallest absolute Gasteiger partial charge is 0.254 e. The Bertz CT molecular complexity index is 442. The molecule has 1 fully saturated rings. The van der Waals surface area contributed by atoms with Crippen LogP contribution < -0.4 is 15.8 Å². The zero-order valence-electron chi connectivity index (χ0n) is 11.3. The molecule has 0 bridgehead atoms. The van der Waals surface area contributed by atoms with Crippen LogP contribution in [0.25, 0.3) is 0 Å². The number of carbonyl (C=O) groups is 1. The molecule has 0 aliphatic carbocycles. The Morgan fingerprint density at radius 3 is 3.05 bits per heavy atom. The topological polar surface area (TPSA) is 77.2 Å². The van der Waals surface area contributed by atoms with Crippen LogP contribution in [0.3, 0.4) is 0 Å². The molecule has 1 aliphatic rings. The van der Waals surface area contributed by atoms with Gasteiger partial charge in [-0.2, -0.15) is 0 Å². The number of nitrogens with two attached hydrogens (primary N) is 1. The number of primary amides is 1. The summed E-state index contributed by atoms with van der Waals surface area (Å²) >= 11 is 0. The number of aromatic nitrogens is 1. The molecular weight excluding hydrogens is 242 g/mol. The van der Waals surface area contributed by atoms with Gasteiger partial charge in [-0.15, -0.1) is 0 Å². The molecule has 3 N–H and O–H groups in total. The van der Waals surface area contributed by atoms with Crippen LogP contribution in [0.15, 0.2) is 12.1 Å². The van der Waals surface area contributed by atoms with Crippen molar-refractivity contribution in [3.63, 3.8) is 0 Å². The Labute approximate surface area is 113 Å². The molecule has 0 spiro atoms. The molecule has 1 aromatic rings. The molecule has 19 heavy (non-hydrogen) atoms. The lowest BCUT2D eigenvalue weighted by Gasteiger charge is -2.23. The van der Waals surface area contributed by atoms with E-state index in [0.29, 0.717) is 24.1 Å². The average Bonchev–Trinajstić information content (AvgIpc) is 2.39. The van der Waals surface area contributed by atoms with Crippen molar-refractivity contribution < 1.29 is 9.53 Å². The van der Waals surface area contributed by atoms with E-state index in [1.807, 2.05) is 6.92 Å². The van der Waals surface area contributed by atoms with Gasteiger partial charge in [0.25, 0.3) is 5.91 Å². The van der Waals surface area contributed by atoms with E-state index in [2.05, 4.69) is 10.3 Å². The van der Waals surface area contributed by atoms with Gasteiger partial charge in [0.15, 0.2) is 0 Å². The summed E-state index contributed by atoms with van der Waals surface area (Å²) < 4.78 is 5.63. The minimum atomic E-state index is -0.502. The zero-order chi connectivity index (χ0) is 13.7. The van der Waals surface area contributed by atoms with Gasteiger partial charge in [0, 0.05) is 11.7 Å². The molecule has 5 nitrogen and oxygen atoms in total. The Kier molecular flexibility index (Phi) is 4.74. The van der Waals surface area contributed by atoms with Gasteiger partial charge in [-0.05, 0) is 44.9 Å². The largest absolute Gasteiger partial charge is 0.477 e. The number of piperidine rings is 1. The van der Waals surface area contributed by atoms with Crippen LogP contribution in [-0.2, 0) is 0 Å². The van der Waals surface area contributed by atoms with Crippen molar-refractivity contribution in [3.8, 4) is 5.88 Å². The molecule has 1 saturated heterocycles. The van der Waals surface area contributed by atoms with Crippen molar-refractivity contribution in [2.45, 2.75) is 38.6 Å². The van der Waals surface area contributed by atoms with Gasteiger partial charge in [0.1, 0.15) is 5.56 Å². The molecule has 0 saturated carbocycles. The highest BCUT2D eigenvalue weighted by atomic mass is 16.5. The zero-order valence-corrected chi connectivity index (χ0v) is 11.3. The van der Waals surface area contributed by atoms with Gasteiger partial charge in [0.05, 0.1) is 6.61 Å². The number of amides is 1. The van der Waals surface area contributed by atoms with Crippen LogP contribution in [0.2, 0.25) is 0 Å². The molecule has 1 aromatic heterocycles. The van der Waals surface area contributed by atoms with E-state index >= 15 is 0 Å². The first-order valence-electron chi connectivity index (χ1n) is 6.80. The van der Waals surface area contributed by atoms with Crippen LogP contribution in [0.4, 0.5) is 0 Å². The highest BCUT2D eigenvalue weighted by Crippen LogP contribution is 2.17. The molecule has 104 valence electrons.